The number of ether oxygens (including phenoxy) is 3. The summed E-state index contributed by atoms with van der Waals surface area (Å²) in [7, 11) is 0. The van der Waals surface area contributed by atoms with Gasteiger partial charge in [0, 0.05) is 6.42 Å². The molecule has 0 unspecified atom stereocenters. The summed E-state index contributed by atoms with van der Waals surface area (Å²) < 4.78 is 15.8. The van der Waals surface area contributed by atoms with E-state index < -0.39 is 5.79 Å². The van der Waals surface area contributed by atoms with E-state index in [0.29, 0.717) is 26.1 Å². The normalized spacial score (nSPS) is 31.8. The Kier molecular flexibility index (Phi) is 3.89. The second-order valence-corrected chi connectivity index (χ2v) is 3.68. The van der Waals surface area contributed by atoms with E-state index >= 15 is 0 Å². The largest absolute Gasteiger partial charge is 0.466 e. The number of hydrogen-bond donors (Lipinski definition) is 0. The van der Waals surface area contributed by atoms with Gasteiger partial charge < -0.3 is 14.2 Å². The van der Waals surface area contributed by atoms with E-state index in [4.69, 9.17) is 14.2 Å². The van der Waals surface area contributed by atoms with Crippen molar-refractivity contribution in [3.63, 3.8) is 0 Å². The van der Waals surface area contributed by atoms with Crippen molar-refractivity contribution >= 4 is 5.97 Å². The molecule has 1 rings (SSSR count). The lowest BCUT2D eigenvalue weighted by atomic mass is 10.2. The van der Waals surface area contributed by atoms with E-state index in [2.05, 4.69) is 0 Å². The van der Waals surface area contributed by atoms with Gasteiger partial charge in [-0.25, -0.2) is 0 Å². The Labute approximate surface area is 84.5 Å². The van der Waals surface area contributed by atoms with E-state index in [0.717, 1.165) is 0 Å². The molecular formula is C10H18O4. The van der Waals surface area contributed by atoms with Crippen molar-refractivity contribution in [2.75, 3.05) is 13.2 Å². The molecule has 82 valence electrons. The maximum Gasteiger partial charge on any atom is 0.305 e. The molecule has 0 N–H and O–H groups in total. The Balaban J connectivity index is 2.27. The second kappa shape index (κ2) is 4.75. The Hall–Kier alpha value is -0.610. The molecule has 1 saturated heterocycles. The summed E-state index contributed by atoms with van der Waals surface area (Å²) in [5.41, 5.74) is 0. The summed E-state index contributed by atoms with van der Waals surface area (Å²) in [4.78, 5) is 11.1. The number of esters is 1. The predicted molar refractivity (Wildman–Crippen MR) is 50.8 cm³/mol. The maximum atomic E-state index is 11.1. The molecule has 0 bridgehead atoms. The van der Waals surface area contributed by atoms with Gasteiger partial charge in [0.25, 0.3) is 0 Å². The maximum absolute atomic E-state index is 11.1. The van der Waals surface area contributed by atoms with E-state index in [1.807, 2.05) is 13.8 Å². The van der Waals surface area contributed by atoms with Gasteiger partial charge in [-0.1, -0.05) is 0 Å². The third kappa shape index (κ3) is 3.27. The van der Waals surface area contributed by atoms with Crippen molar-refractivity contribution < 1.29 is 19.0 Å². The number of rotatable bonds is 4. The molecule has 4 nitrogen and oxygen atoms in total. The summed E-state index contributed by atoms with van der Waals surface area (Å²) >= 11 is 0. The van der Waals surface area contributed by atoms with Crippen LogP contribution in [0.1, 0.15) is 33.6 Å². The fourth-order valence-electron chi connectivity index (χ4n) is 1.48. The van der Waals surface area contributed by atoms with E-state index in [-0.39, 0.29) is 12.1 Å². The Morgan fingerprint density at radius 2 is 2.36 bits per heavy atom. The minimum atomic E-state index is -0.605. The van der Waals surface area contributed by atoms with Gasteiger partial charge in [-0.3, -0.25) is 4.79 Å². The monoisotopic (exact) mass is 202 g/mol. The molecule has 0 amide bonds. The highest BCUT2D eigenvalue weighted by Gasteiger charge is 2.35. The summed E-state index contributed by atoms with van der Waals surface area (Å²) in [6, 6.07) is 0. The van der Waals surface area contributed by atoms with Crippen LogP contribution in [0.5, 0.6) is 0 Å². The van der Waals surface area contributed by atoms with Crippen molar-refractivity contribution in [2.45, 2.75) is 45.5 Å². The highest BCUT2D eigenvalue weighted by molar-refractivity contribution is 5.69. The van der Waals surface area contributed by atoms with Crippen LogP contribution < -0.4 is 0 Å². The lowest BCUT2D eigenvalue weighted by Gasteiger charge is -2.22. The highest BCUT2D eigenvalue weighted by Crippen LogP contribution is 2.27. The summed E-state index contributed by atoms with van der Waals surface area (Å²) in [6.45, 7) is 6.63. The topological polar surface area (TPSA) is 44.8 Å². The average Bonchev–Trinajstić information content (AvgIpc) is 2.45. The van der Waals surface area contributed by atoms with Crippen LogP contribution in [-0.4, -0.2) is 31.1 Å². The molecule has 0 saturated carbocycles. The van der Waals surface area contributed by atoms with Gasteiger partial charge in [-0.15, -0.1) is 0 Å². The molecule has 0 aromatic heterocycles. The van der Waals surface area contributed by atoms with Gasteiger partial charge in [0.1, 0.15) is 0 Å². The van der Waals surface area contributed by atoms with Gasteiger partial charge in [-0.2, -0.15) is 0 Å². The number of hydrogen-bond acceptors (Lipinski definition) is 4. The zero-order valence-electron chi connectivity index (χ0n) is 9.04. The highest BCUT2D eigenvalue weighted by atomic mass is 16.7. The number of carbonyl (C=O) groups excluding carboxylic acids is 1. The first-order valence-electron chi connectivity index (χ1n) is 5.03. The predicted octanol–water partition coefficient (Wildman–Crippen LogP) is 1.48. The fourth-order valence-corrected chi connectivity index (χ4v) is 1.48. The first-order chi connectivity index (χ1) is 6.56. The first kappa shape index (κ1) is 11.5. The Morgan fingerprint density at radius 1 is 1.64 bits per heavy atom. The standard InChI is InChI=1S/C10H18O4/c1-4-12-9(11)5-6-10(3)13-7-8(2)14-10/h8H,4-7H2,1-3H3/t8-,10+/m0/s1. The lowest BCUT2D eigenvalue weighted by Crippen LogP contribution is -2.27. The van der Waals surface area contributed by atoms with Gasteiger partial charge in [0.2, 0.25) is 0 Å². The molecule has 1 aliphatic rings. The van der Waals surface area contributed by atoms with Crippen LogP contribution in [0.15, 0.2) is 0 Å². The van der Waals surface area contributed by atoms with Gasteiger partial charge >= 0.3 is 5.97 Å². The average molecular weight is 202 g/mol. The molecule has 0 spiro atoms. The van der Waals surface area contributed by atoms with Gasteiger partial charge in [0.05, 0.1) is 25.7 Å². The molecule has 1 aliphatic heterocycles. The fraction of sp³-hybridized carbons (Fsp3) is 0.900. The van der Waals surface area contributed by atoms with Crippen LogP contribution in [-0.2, 0) is 19.0 Å². The van der Waals surface area contributed by atoms with Crippen molar-refractivity contribution in [3.05, 3.63) is 0 Å². The molecule has 0 aromatic rings. The molecular weight excluding hydrogens is 184 g/mol. The van der Waals surface area contributed by atoms with E-state index in [1.165, 1.54) is 0 Å². The molecule has 1 fully saturated rings. The lowest BCUT2D eigenvalue weighted by molar-refractivity contribution is -0.166. The van der Waals surface area contributed by atoms with Crippen molar-refractivity contribution in [2.24, 2.45) is 0 Å². The van der Waals surface area contributed by atoms with Gasteiger partial charge in [0.15, 0.2) is 5.79 Å². The van der Waals surface area contributed by atoms with E-state index in [9.17, 15) is 4.79 Å². The minimum absolute atomic E-state index is 0.113. The van der Waals surface area contributed by atoms with Crippen LogP contribution >= 0.6 is 0 Å². The van der Waals surface area contributed by atoms with Crippen LogP contribution in [0.4, 0.5) is 0 Å². The van der Waals surface area contributed by atoms with Crippen LogP contribution in [0, 0.1) is 0 Å². The van der Waals surface area contributed by atoms with Crippen LogP contribution in [0.25, 0.3) is 0 Å². The molecule has 2 atom stereocenters. The minimum Gasteiger partial charge on any atom is -0.466 e. The smallest absolute Gasteiger partial charge is 0.305 e. The second-order valence-electron chi connectivity index (χ2n) is 3.68. The molecule has 14 heavy (non-hydrogen) atoms. The first-order valence-corrected chi connectivity index (χ1v) is 5.03. The van der Waals surface area contributed by atoms with Gasteiger partial charge in [-0.05, 0) is 20.8 Å². The number of carbonyl (C=O) groups is 1. The quantitative estimate of drug-likeness (QED) is 0.648. The third-order valence-corrected chi connectivity index (χ3v) is 2.16. The van der Waals surface area contributed by atoms with E-state index in [1.54, 1.807) is 6.92 Å². The molecule has 0 radical (unpaired) electrons. The molecule has 1 heterocycles. The van der Waals surface area contributed by atoms with Crippen molar-refractivity contribution in [3.8, 4) is 0 Å². The van der Waals surface area contributed by atoms with Crippen LogP contribution in [0.2, 0.25) is 0 Å². The summed E-state index contributed by atoms with van der Waals surface area (Å²) in [5, 5.41) is 0. The van der Waals surface area contributed by atoms with Crippen molar-refractivity contribution in [1.29, 1.82) is 0 Å². The SMILES string of the molecule is CCOC(=O)CC[C@]1(C)OC[C@H](C)O1. The van der Waals surface area contributed by atoms with Crippen molar-refractivity contribution in [1.82, 2.24) is 0 Å². The Bertz CT molecular complexity index is 204. The van der Waals surface area contributed by atoms with Crippen LogP contribution in [0.3, 0.4) is 0 Å². The molecule has 0 aromatic carbocycles. The molecule has 4 heteroatoms. The summed E-state index contributed by atoms with van der Waals surface area (Å²) in [6.07, 6.45) is 1.01. The zero-order valence-corrected chi connectivity index (χ0v) is 9.04. The Morgan fingerprint density at radius 3 is 2.86 bits per heavy atom. The molecule has 0 aliphatic carbocycles. The third-order valence-electron chi connectivity index (χ3n) is 2.16. The zero-order chi connectivity index (χ0) is 10.6. The summed E-state index contributed by atoms with van der Waals surface area (Å²) in [5.74, 6) is -0.799.